The Morgan fingerprint density at radius 3 is 2.06 bits per heavy atom. The van der Waals surface area contributed by atoms with Crippen LogP contribution in [0.1, 0.15) is 20.8 Å². The molecular formula is C11H20Cl2NSiTi. The molecule has 1 rings (SSSR count). The predicted molar refractivity (Wildman–Crippen MR) is 73.2 cm³/mol. The molecule has 0 amide bonds. The number of hydrogen-bond acceptors (Lipinski definition) is 1. The summed E-state index contributed by atoms with van der Waals surface area (Å²) in [5.41, 5.74) is 1.46. The number of rotatable bonds is 2. The average Bonchev–Trinajstić information content (AvgIpc) is 2.53. The van der Waals surface area contributed by atoms with Gasteiger partial charge < -0.3 is 4.57 Å². The van der Waals surface area contributed by atoms with Crippen molar-refractivity contribution < 1.29 is 19.4 Å². The van der Waals surface area contributed by atoms with Crippen LogP contribution in [0.3, 0.4) is 0 Å². The molecule has 91 valence electrons. The summed E-state index contributed by atoms with van der Waals surface area (Å²) in [5, 5.41) is 0.0733. The van der Waals surface area contributed by atoms with E-state index in [1.807, 2.05) is 6.08 Å². The molecule has 0 radical (unpaired) electrons. The summed E-state index contributed by atoms with van der Waals surface area (Å²) in [4.78, 5) is 0. The van der Waals surface area contributed by atoms with Gasteiger partial charge in [0.1, 0.15) is 8.96 Å². The fourth-order valence-corrected chi connectivity index (χ4v) is 4.86. The monoisotopic (exact) mass is 312 g/mol. The summed E-state index contributed by atoms with van der Waals surface area (Å²) < 4.78 is 2.52. The first-order valence-electron chi connectivity index (χ1n) is 5.34. The van der Waals surface area contributed by atoms with Gasteiger partial charge in [0, 0.05) is 11.2 Å². The van der Waals surface area contributed by atoms with Crippen LogP contribution in [-0.2, 0) is 19.4 Å². The zero-order valence-corrected chi connectivity index (χ0v) is 14.8. The molecule has 0 heterocycles. The van der Waals surface area contributed by atoms with Gasteiger partial charge in [-0.1, -0.05) is 25.2 Å². The first-order valence-corrected chi connectivity index (χ1v) is 10.8. The third-order valence-electron chi connectivity index (χ3n) is 2.35. The van der Waals surface area contributed by atoms with Crippen molar-refractivity contribution in [1.82, 2.24) is 4.57 Å². The summed E-state index contributed by atoms with van der Waals surface area (Å²) in [5.74, 6) is 0. The normalized spacial score (nSPS) is 19.2. The molecular weight excluding hydrogens is 293 g/mol. The molecule has 1 nitrogen and oxygen atoms in total. The number of halogens is 2. The van der Waals surface area contributed by atoms with Gasteiger partial charge in [0.05, 0.1) is 5.38 Å². The first kappa shape index (κ1) is 16.8. The molecule has 0 bridgehead atoms. The molecule has 0 saturated heterocycles. The fraction of sp³-hybridized carbons (Fsp3) is 0.636. The van der Waals surface area contributed by atoms with Crippen LogP contribution in [0.4, 0.5) is 0 Å². The first-order chi connectivity index (χ1) is 7.34. The average molecular weight is 313 g/mol. The zero-order valence-electron chi connectivity index (χ0n) is 10.6. The third kappa shape index (κ3) is 4.58. The van der Waals surface area contributed by atoms with Crippen molar-refractivity contribution in [3.8, 4) is 0 Å². The van der Waals surface area contributed by atoms with Crippen molar-refractivity contribution in [1.29, 1.82) is 0 Å². The fourth-order valence-electron chi connectivity index (χ4n) is 2.12. The molecule has 0 spiro atoms. The molecule has 0 aromatic carbocycles. The molecule has 0 fully saturated rings. The molecule has 1 aliphatic carbocycles. The van der Waals surface area contributed by atoms with E-state index in [9.17, 15) is 0 Å². The van der Waals surface area contributed by atoms with E-state index in [1.54, 1.807) is 0 Å². The van der Waals surface area contributed by atoms with E-state index in [-0.39, 0.29) is 10.9 Å². The second-order valence-electron chi connectivity index (χ2n) is 5.01. The Labute approximate surface area is 122 Å². The maximum atomic E-state index is 6.25. The molecule has 0 aromatic rings. The molecule has 1 atom stereocenters. The second kappa shape index (κ2) is 7.28. The van der Waals surface area contributed by atoms with Gasteiger partial charge in [0.2, 0.25) is 0 Å². The number of alkyl halides is 1. The third-order valence-corrected chi connectivity index (χ3v) is 4.82. The minimum absolute atomic E-state index is 0.0733. The van der Waals surface area contributed by atoms with Crippen LogP contribution in [0.25, 0.3) is 0 Å². The molecule has 0 aliphatic heterocycles. The Morgan fingerprint density at radius 2 is 1.81 bits per heavy atom. The standard InChI is InChI=1S/C11H20ClNSi.ClH.Ti/c1-11(2,3)13(14(4)5)10-8-6-7-9(10)12;;/h6-9,14H,1-5H3;1H;/q;;+1/p-1. The molecule has 0 saturated carbocycles. The van der Waals surface area contributed by atoms with E-state index in [4.69, 9.17) is 11.6 Å². The van der Waals surface area contributed by atoms with Gasteiger partial charge in [-0.25, -0.2) is 0 Å². The van der Waals surface area contributed by atoms with Crippen LogP contribution in [0.15, 0.2) is 23.9 Å². The van der Waals surface area contributed by atoms with Crippen molar-refractivity contribution in [2.45, 2.75) is 44.8 Å². The Kier molecular flexibility index (Phi) is 7.64. The Bertz CT molecular complexity index is 272. The summed E-state index contributed by atoms with van der Waals surface area (Å²) in [6.45, 7) is 11.4. The van der Waals surface area contributed by atoms with Crippen molar-refractivity contribution in [3.05, 3.63) is 23.9 Å². The Hall–Kier alpha value is 0.791. The number of hydrogen-bond donors (Lipinski definition) is 0. The van der Waals surface area contributed by atoms with Crippen LogP contribution >= 0.6 is 20.9 Å². The number of nitrogens with zero attached hydrogens (tertiary/aromatic N) is 1. The van der Waals surface area contributed by atoms with Crippen LogP contribution in [0.2, 0.25) is 13.1 Å². The number of allylic oxidation sites excluding steroid dienone is 3. The van der Waals surface area contributed by atoms with Crippen molar-refractivity contribution in [2.24, 2.45) is 0 Å². The molecule has 0 aromatic heterocycles. The van der Waals surface area contributed by atoms with E-state index in [0.29, 0.717) is 0 Å². The quantitative estimate of drug-likeness (QED) is 0.553. The SMILES string of the molecule is C[SiH](C)N(C1=CC=CC1Cl)C(C)(C)C.[Cl][Ti]. The van der Waals surface area contributed by atoms with E-state index >= 15 is 0 Å². The molecule has 5 heteroatoms. The van der Waals surface area contributed by atoms with Crippen molar-refractivity contribution >= 4 is 29.9 Å². The van der Waals surface area contributed by atoms with Gasteiger partial charge >= 0.3 is 28.7 Å². The van der Waals surface area contributed by atoms with Crippen molar-refractivity contribution in [3.63, 3.8) is 0 Å². The van der Waals surface area contributed by atoms with Crippen LogP contribution < -0.4 is 0 Å². The summed E-state index contributed by atoms with van der Waals surface area (Å²) in [6, 6.07) is 0. The van der Waals surface area contributed by atoms with Crippen molar-refractivity contribution in [2.75, 3.05) is 0 Å². The Morgan fingerprint density at radius 1 is 1.31 bits per heavy atom. The topological polar surface area (TPSA) is 3.24 Å². The van der Waals surface area contributed by atoms with E-state index < -0.39 is 8.96 Å². The summed E-state index contributed by atoms with van der Waals surface area (Å²) >= 11 is 7.72. The predicted octanol–water partition coefficient (Wildman–Crippen LogP) is 3.82. The van der Waals surface area contributed by atoms with Crippen LogP contribution in [-0.4, -0.2) is 24.4 Å². The Balaban J connectivity index is 0.00000106. The van der Waals surface area contributed by atoms with E-state index in [1.165, 1.54) is 25.1 Å². The molecule has 0 N–H and O–H groups in total. The molecule has 16 heavy (non-hydrogen) atoms. The van der Waals surface area contributed by atoms with Gasteiger partial charge in [0.25, 0.3) is 0 Å². The van der Waals surface area contributed by atoms with Gasteiger partial charge in [-0.15, -0.1) is 11.6 Å². The van der Waals surface area contributed by atoms with Gasteiger partial charge in [-0.3, -0.25) is 0 Å². The molecule has 1 unspecified atom stereocenters. The summed E-state index contributed by atoms with van der Waals surface area (Å²) in [6.07, 6.45) is 6.25. The molecule has 1 aliphatic rings. The van der Waals surface area contributed by atoms with Gasteiger partial charge in [-0.05, 0) is 26.8 Å². The van der Waals surface area contributed by atoms with Gasteiger partial charge in [-0.2, -0.15) is 0 Å². The van der Waals surface area contributed by atoms with Crippen LogP contribution in [0, 0.1) is 0 Å². The minimum atomic E-state index is -0.862. The van der Waals surface area contributed by atoms with Crippen LogP contribution in [0.5, 0.6) is 0 Å². The van der Waals surface area contributed by atoms with E-state index in [2.05, 4.69) is 59.9 Å². The summed E-state index contributed by atoms with van der Waals surface area (Å²) in [7, 11) is 3.78. The van der Waals surface area contributed by atoms with E-state index in [0.717, 1.165) is 0 Å². The maximum absolute atomic E-state index is 6.25. The van der Waals surface area contributed by atoms with Gasteiger partial charge in [0.15, 0.2) is 0 Å². The second-order valence-corrected chi connectivity index (χ2v) is 8.19. The zero-order chi connectivity index (χ0) is 12.9.